The molecule has 3 aromatic rings. The number of carbonyl (C=O) groups is 2. The molecule has 26 heavy (non-hydrogen) atoms. The van der Waals surface area contributed by atoms with Crippen LogP contribution in [0.5, 0.6) is 0 Å². The molecule has 3 rings (SSSR count). The number of amides is 1. The molecular weight excluding hydrogens is 333 g/mol. The Labute approximate surface area is 150 Å². The molecule has 1 N–H and O–H groups in total. The van der Waals surface area contributed by atoms with Crippen LogP contribution in [0, 0.1) is 19.7 Å². The Morgan fingerprint density at radius 3 is 2.38 bits per heavy atom. The van der Waals surface area contributed by atoms with Crippen LogP contribution in [0.2, 0.25) is 0 Å². The maximum Gasteiger partial charge on any atom is 0.292 e. The van der Waals surface area contributed by atoms with E-state index in [-0.39, 0.29) is 12.1 Å². The number of hydrogen-bond acceptors (Lipinski definition) is 3. The van der Waals surface area contributed by atoms with Gasteiger partial charge in [-0.25, -0.2) is 9.07 Å². The summed E-state index contributed by atoms with van der Waals surface area (Å²) in [5.41, 5.74) is 2.44. The number of Topliss-reactive ketones (excluding diaryl/α,β-unsaturated/α-hetero) is 1. The maximum atomic E-state index is 13.6. The molecular formula is C20H18FN3O2. The fourth-order valence-corrected chi connectivity index (χ4v) is 2.80. The number of aromatic nitrogens is 2. The summed E-state index contributed by atoms with van der Waals surface area (Å²) in [5.74, 6) is -1.89. The summed E-state index contributed by atoms with van der Waals surface area (Å²) < 4.78 is 15.3. The van der Waals surface area contributed by atoms with Gasteiger partial charge in [-0.1, -0.05) is 36.4 Å². The van der Waals surface area contributed by atoms with Crippen molar-refractivity contribution in [2.45, 2.75) is 20.4 Å². The molecule has 0 aliphatic heterocycles. The molecule has 0 aliphatic carbocycles. The molecule has 1 heterocycles. The summed E-state index contributed by atoms with van der Waals surface area (Å²) in [5, 5.41) is 6.85. The summed E-state index contributed by atoms with van der Waals surface area (Å²) in [6.45, 7) is 3.37. The second-order valence-electron chi connectivity index (χ2n) is 5.90. The Hall–Kier alpha value is -3.28. The normalized spacial score (nSPS) is 10.6. The van der Waals surface area contributed by atoms with E-state index in [0.29, 0.717) is 17.0 Å². The van der Waals surface area contributed by atoms with Crippen molar-refractivity contribution in [3.8, 4) is 5.69 Å². The van der Waals surface area contributed by atoms with Crippen LogP contribution in [0.15, 0.2) is 54.6 Å². The van der Waals surface area contributed by atoms with E-state index in [1.54, 1.807) is 36.7 Å². The molecule has 5 nitrogen and oxygen atoms in total. The van der Waals surface area contributed by atoms with E-state index in [9.17, 15) is 14.0 Å². The van der Waals surface area contributed by atoms with Crippen LogP contribution in [-0.4, -0.2) is 21.5 Å². The molecule has 0 spiro atoms. The second-order valence-corrected chi connectivity index (χ2v) is 5.90. The number of ketones is 1. The highest BCUT2D eigenvalue weighted by Gasteiger charge is 2.25. The van der Waals surface area contributed by atoms with Crippen molar-refractivity contribution in [2.75, 3.05) is 0 Å². The summed E-state index contributed by atoms with van der Waals surface area (Å²) in [4.78, 5) is 24.8. The van der Waals surface area contributed by atoms with Crippen molar-refractivity contribution in [3.63, 3.8) is 0 Å². The molecule has 0 unspecified atom stereocenters. The van der Waals surface area contributed by atoms with Gasteiger partial charge in [0.1, 0.15) is 5.82 Å². The number of halogens is 1. The average molecular weight is 351 g/mol. The van der Waals surface area contributed by atoms with E-state index < -0.39 is 17.5 Å². The Kier molecular flexibility index (Phi) is 4.93. The molecule has 0 saturated carbocycles. The largest absolute Gasteiger partial charge is 0.345 e. The number of hydrogen-bond donors (Lipinski definition) is 1. The third-order valence-electron chi connectivity index (χ3n) is 4.12. The van der Waals surface area contributed by atoms with Crippen LogP contribution in [0.3, 0.4) is 0 Å². The van der Waals surface area contributed by atoms with Crippen LogP contribution >= 0.6 is 0 Å². The van der Waals surface area contributed by atoms with Gasteiger partial charge in [-0.3, -0.25) is 9.59 Å². The fourth-order valence-electron chi connectivity index (χ4n) is 2.80. The van der Waals surface area contributed by atoms with E-state index in [1.165, 1.54) is 6.07 Å². The van der Waals surface area contributed by atoms with Gasteiger partial charge in [0.15, 0.2) is 0 Å². The lowest BCUT2D eigenvalue weighted by Gasteiger charge is -2.07. The fraction of sp³-hybridized carbons (Fsp3) is 0.150. The molecule has 1 amide bonds. The van der Waals surface area contributed by atoms with Gasteiger partial charge in [0.2, 0.25) is 0 Å². The number of aryl methyl sites for hydroxylation is 1. The number of para-hydroxylation sites is 1. The first-order chi connectivity index (χ1) is 12.5. The Morgan fingerprint density at radius 2 is 1.69 bits per heavy atom. The first-order valence-electron chi connectivity index (χ1n) is 8.16. The van der Waals surface area contributed by atoms with Gasteiger partial charge in [-0.15, -0.1) is 0 Å². The van der Waals surface area contributed by atoms with Crippen LogP contribution in [0.1, 0.15) is 27.3 Å². The lowest BCUT2D eigenvalue weighted by molar-refractivity contribution is -0.117. The van der Waals surface area contributed by atoms with Crippen LogP contribution < -0.4 is 5.32 Å². The topological polar surface area (TPSA) is 64.0 Å². The van der Waals surface area contributed by atoms with Crippen LogP contribution in [0.4, 0.5) is 4.39 Å². The molecule has 2 aromatic carbocycles. The van der Waals surface area contributed by atoms with E-state index in [0.717, 1.165) is 5.69 Å². The maximum absolute atomic E-state index is 13.6. The average Bonchev–Trinajstić information content (AvgIpc) is 2.95. The summed E-state index contributed by atoms with van der Waals surface area (Å²) >= 11 is 0. The van der Waals surface area contributed by atoms with Crippen molar-refractivity contribution in [1.29, 1.82) is 0 Å². The predicted octanol–water partition coefficient (Wildman–Crippen LogP) is 3.13. The van der Waals surface area contributed by atoms with Crippen molar-refractivity contribution < 1.29 is 14.0 Å². The van der Waals surface area contributed by atoms with Gasteiger partial charge in [-0.05, 0) is 32.0 Å². The Bertz CT molecular complexity index is 964. The molecule has 0 atom stereocenters. The van der Waals surface area contributed by atoms with E-state index >= 15 is 0 Å². The number of benzene rings is 2. The third kappa shape index (κ3) is 3.39. The van der Waals surface area contributed by atoms with Crippen LogP contribution in [0.25, 0.3) is 5.69 Å². The molecule has 132 valence electrons. The minimum absolute atomic E-state index is 0.0534. The Balaban J connectivity index is 1.80. The molecule has 0 saturated heterocycles. The zero-order chi connectivity index (χ0) is 18.7. The van der Waals surface area contributed by atoms with Gasteiger partial charge < -0.3 is 5.32 Å². The zero-order valence-corrected chi connectivity index (χ0v) is 14.5. The van der Waals surface area contributed by atoms with Crippen molar-refractivity contribution >= 4 is 11.7 Å². The predicted molar refractivity (Wildman–Crippen MR) is 95.6 cm³/mol. The van der Waals surface area contributed by atoms with Gasteiger partial charge in [0.05, 0.1) is 22.6 Å². The lowest BCUT2D eigenvalue weighted by Crippen LogP contribution is -2.31. The van der Waals surface area contributed by atoms with Crippen molar-refractivity contribution in [1.82, 2.24) is 15.1 Å². The highest BCUT2D eigenvalue weighted by atomic mass is 19.1. The number of nitrogens with one attached hydrogen (secondary N) is 1. The van der Waals surface area contributed by atoms with Gasteiger partial charge in [-0.2, -0.15) is 5.10 Å². The second kappa shape index (κ2) is 7.31. The first kappa shape index (κ1) is 17.5. The standard InChI is InChI=1S/C20H18FN3O2/c1-13-18(14(2)24(23-13)16-9-4-3-5-10-16)19(25)20(26)22-12-15-8-6-7-11-17(15)21/h3-11H,12H2,1-2H3,(H,22,26). The number of rotatable bonds is 5. The minimum atomic E-state index is -0.785. The summed E-state index contributed by atoms with van der Waals surface area (Å²) in [6.07, 6.45) is 0. The lowest BCUT2D eigenvalue weighted by atomic mass is 10.1. The number of nitrogens with zero attached hydrogens (tertiary/aromatic N) is 2. The monoisotopic (exact) mass is 351 g/mol. The van der Waals surface area contributed by atoms with Gasteiger partial charge >= 0.3 is 0 Å². The molecule has 0 bridgehead atoms. The molecule has 0 fully saturated rings. The molecule has 0 radical (unpaired) electrons. The third-order valence-corrected chi connectivity index (χ3v) is 4.12. The van der Waals surface area contributed by atoms with Crippen molar-refractivity contribution in [3.05, 3.63) is 82.9 Å². The molecule has 1 aromatic heterocycles. The first-order valence-corrected chi connectivity index (χ1v) is 8.16. The highest BCUT2D eigenvalue weighted by molar-refractivity contribution is 6.43. The quantitative estimate of drug-likeness (QED) is 0.567. The smallest absolute Gasteiger partial charge is 0.292 e. The van der Waals surface area contributed by atoms with Crippen molar-refractivity contribution in [2.24, 2.45) is 0 Å². The summed E-state index contributed by atoms with van der Waals surface area (Å²) in [7, 11) is 0. The van der Waals surface area contributed by atoms with Crippen LogP contribution in [-0.2, 0) is 11.3 Å². The molecule has 6 heteroatoms. The van der Waals surface area contributed by atoms with Gasteiger partial charge in [0.25, 0.3) is 11.7 Å². The SMILES string of the molecule is Cc1nn(-c2ccccc2)c(C)c1C(=O)C(=O)NCc1ccccc1F. The minimum Gasteiger partial charge on any atom is -0.345 e. The van der Waals surface area contributed by atoms with Gasteiger partial charge in [0, 0.05) is 12.1 Å². The van der Waals surface area contributed by atoms with E-state index in [2.05, 4.69) is 10.4 Å². The number of carbonyl (C=O) groups excluding carboxylic acids is 2. The zero-order valence-electron chi connectivity index (χ0n) is 14.5. The Morgan fingerprint density at radius 1 is 1.04 bits per heavy atom. The molecule has 0 aliphatic rings. The van der Waals surface area contributed by atoms with E-state index in [1.807, 2.05) is 30.3 Å². The summed E-state index contributed by atoms with van der Waals surface area (Å²) in [6, 6.07) is 15.5. The van der Waals surface area contributed by atoms with E-state index in [4.69, 9.17) is 0 Å². The highest BCUT2D eigenvalue weighted by Crippen LogP contribution is 2.18.